The van der Waals surface area contributed by atoms with Crippen molar-refractivity contribution < 1.29 is 34.5 Å². The Bertz CT molecular complexity index is 381. The molecule has 0 aromatic carbocycles. The number of rotatable bonds is 10. The highest BCUT2D eigenvalue weighted by molar-refractivity contribution is 5.89. The number of hydrogen-bond acceptors (Lipinski definition) is 7. The SMILES string of the molecule is NCCCNC(=O)CCCO[N+](=O)[O-].O=C(O)C=CC(=O)O. The predicted octanol–water partition coefficient (Wildman–Crippen LogP) is -0.848. The molecule has 0 bridgehead atoms. The van der Waals surface area contributed by atoms with Crippen LogP contribution in [0.15, 0.2) is 12.2 Å². The van der Waals surface area contributed by atoms with E-state index in [0.29, 0.717) is 31.7 Å². The summed E-state index contributed by atoms with van der Waals surface area (Å²) in [5.41, 5.74) is 5.22. The summed E-state index contributed by atoms with van der Waals surface area (Å²) in [5.74, 6) is -2.65. The number of hydrogen-bond donors (Lipinski definition) is 4. The molecule has 0 atom stereocenters. The number of nitrogens with zero attached hydrogens (tertiary/aromatic N) is 1. The topological polar surface area (TPSA) is 182 Å². The minimum absolute atomic E-state index is 0.0443. The summed E-state index contributed by atoms with van der Waals surface area (Å²) in [7, 11) is 0. The molecule has 1 amide bonds. The van der Waals surface area contributed by atoms with Crippen molar-refractivity contribution >= 4 is 17.8 Å². The van der Waals surface area contributed by atoms with Gasteiger partial charge in [-0.2, -0.15) is 0 Å². The third-order valence-electron chi connectivity index (χ3n) is 1.82. The van der Waals surface area contributed by atoms with E-state index >= 15 is 0 Å². The number of carbonyl (C=O) groups excluding carboxylic acids is 1. The van der Waals surface area contributed by atoms with Crippen LogP contribution in [0.5, 0.6) is 0 Å². The van der Waals surface area contributed by atoms with Crippen molar-refractivity contribution in [3.8, 4) is 0 Å². The normalized spacial score (nSPS) is 9.50. The van der Waals surface area contributed by atoms with Crippen LogP contribution in [0.3, 0.4) is 0 Å². The van der Waals surface area contributed by atoms with Crippen molar-refractivity contribution in [2.45, 2.75) is 19.3 Å². The zero-order chi connectivity index (χ0) is 17.4. The summed E-state index contributed by atoms with van der Waals surface area (Å²) in [5, 5.41) is 27.1. The van der Waals surface area contributed by atoms with Crippen LogP contribution in [0.25, 0.3) is 0 Å². The quantitative estimate of drug-likeness (QED) is 0.172. The zero-order valence-corrected chi connectivity index (χ0v) is 11.8. The van der Waals surface area contributed by atoms with E-state index in [0.717, 1.165) is 6.42 Å². The van der Waals surface area contributed by atoms with Gasteiger partial charge in [0.2, 0.25) is 5.91 Å². The van der Waals surface area contributed by atoms with Crippen LogP contribution in [-0.4, -0.2) is 52.8 Å². The van der Waals surface area contributed by atoms with Gasteiger partial charge < -0.3 is 26.1 Å². The number of nitrogens with one attached hydrogen (secondary N) is 1. The maximum absolute atomic E-state index is 11.0. The van der Waals surface area contributed by atoms with Crippen LogP contribution >= 0.6 is 0 Å². The second-order valence-electron chi connectivity index (χ2n) is 3.66. The number of carboxylic acid groups (broad SMARTS) is 2. The smallest absolute Gasteiger partial charge is 0.328 e. The van der Waals surface area contributed by atoms with E-state index < -0.39 is 17.0 Å². The molecule has 11 heteroatoms. The summed E-state index contributed by atoms with van der Waals surface area (Å²) in [6, 6.07) is 0. The summed E-state index contributed by atoms with van der Waals surface area (Å²) >= 11 is 0. The van der Waals surface area contributed by atoms with Crippen LogP contribution in [0.2, 0.25) is 0 Å². The fourth-order valence-electron chi connectivity index (χ4n) is 0.933. The van der Waals surface area contributed by atoms with Gasteiger partial charge in [-0.1, -0.05) is 0 Å². The Kier molecular flexibility index (Phi) is 14.4. The Balaban J connectivity index is 0. The summed E-state index contributed by atoms with van der Waals surface area (Å²) < 4.78 is 0. The molecule has 0 heterocycles. The summed E-state index contributed by atoms with van der Waals surface area (Å²) in [6.45, 7) is 1.04. The number of aliphatic carboxylic acids is 2. The van der Waals surface area contributed by atoms with Crippen molar-refractivity contribution in [1.29, 1.82) is 0 Å². The molecule has 0 spiro atoms. The first kappa shape index (κ1) is 21.6. The van der Waals surface area contributed by atoms with Gasteiger partial charge in [0.15, 0.2) is 0 Å². The van der Waals surface area contributed by atoms with Crippen molar-refractivity contribution in [2.24, 2.45) is 5.73 Å². The van der Waals surface area contributed by atoms with E-state index in [4.69, 9.17) is 15.9 Å². The van der Waals surface area contributed by atoms with Crippen LogP contribution in [0, 0.1) is 10.1 Å². The summed E-state index contributed by atoms with van der Waals surface area (Å²) in [6.07, 6.45) is 2.43. The second-order valence-corrected chi connectivity index (χ2v) is 3.66. The maximum Gasteiger partial charge on any atom is 0.328 e. The Morgan fingerprint density at radius 3 is 2.14 bits per heavy atom. The summed E-state index contributed by atoms with van der Waals surface area (Å²) in [4.78, 5) is 43.9. The maximum atomic E-state index is 11.0. The lowest BCUT2D eigenvalue weighted by Crippen LogP contribution is -2.26. The molecule has 11 nitrogen and oxygen atoms in total. The Morgan fingerprint density at radius 2 is 1.73 bits per heavy atom. The van der Waals surface area contributed by atoms with Crippen LogP contribution < -0.4 is 11.1 Å². The van der Waals surface area contributed by atoms with Crippen molar-refractivity contribution in [1.82, 2.24) is 5.32 Å². The van der Waals surface area contributed by atoms with Gasteiger partial charge in [0.1, 0.15) is 0 Å². The van der Waals surface area contributed by atoms with Gasteiger partial charge in [0, 0.05) is 25.1 Å². The molecule has 0 saturated heterocycles. The molecule has 5 N–H and O–H groups in total. The Hall–Kier alpha value is -2.69. The van der Waals surface area contributed by atoms with E-state index in [1.54, 1.807) is 0 Å². The molecule has 0 fully saturated rings. The third-order valence-corrected chi connectivity index (χ3v) is 1.82. The van der Waals surface area contributed by atoms with Crippen molar-refractivity contribution in [3.05, 3.63) is 22.3 Å². The van der Waals surface area contributed by atoms with Gasteiger partial charge in [0.05, 0.1) is 6.61 Å². The molecule has 22 heavy (non-hydrogen) atoms. The molecule has 0 rings (SSSR count). The van der Waals surface area contributed by atoms with E-state index in [9.17, 15) is 24.5 Å². The molecule has 0 unspecified atom stereocenters. The van der Waals surface area contributed by atoms with Crippen molar-refractivity contribution in [2.75, 3.05) is 19.7 Å². The average Bonchev–Trinajstić information content (AvgIpc) is 2.42. The Morgan fingerprint density at radius 1 is 1.18 bits per heavy atom. The number of carbonyl (C=O) groups is 3. The number of carboxylic acids is 2. The second kappa shape index (κ2) is 14.7. The highest BCUT2D eigenvalue weighted by Crippen LogP contribution is 1.90. The van der Waals surface area contributed by atoms with Gasteiger partial charge in [0.25, 0.3) is 5.09 Å². The van der Waals surface area contributed by atoms with Crippen LogP contribution in [0.4, 0.5) is 0 Å². The van der Waals surface area contributed by atoms with Gasteiger partial charge in [-0.05, 0) is 19.4 Å². The van der Waals surface area contributed by atoms with Gasteiger partial charge in [-0.15, -0.1) is 10.1 Å². The van der Waals surface area contributed by atoms with Gasteiger partial charge >= 0.3 is 11.9 Å². The average molecular weight is 321 g/mol. The van der Waals surface area contributed by atoms with Crippen molar-refractivity contribution in [3.63, 3.8) is 0 Å². The minimum Gasteiger partial charge on any atom is -0.478 e. The largest absolute Gasteiger partial charge is 0.478 e. The molecular weight excluding hydrogens is 302 g/mol. The molecular formula is C11H19N3O8. The number of nitrogens with two attached hydrogens (primary N) is 1. The minimum atomic E-state index is -1.26. The molecule has 0 aliphatic rings. The molecule has 126 valence electrons. The standard InChI is InChI=1S/C7H15N3O4.C4H4O4/c8-4-2-5-9-7(11)3-1-6-14-10(12)13;5-3(6)1-2-4(7)8/h1-6,8H2,(H,9,11);1-2H,(H,5,6)(H,7,8). The third kappa shape index (κ3) is 22.5. The molecule has 0 aromatic heterocycles. The molecule has 0 aliphatic heterocycles. The fraction of sp³-hybridized carbons (Fsp3) is 0.545. The zero-order valence-electron chi connectivity index (χ0n) is 11.8. The molecule has 0 saturated carbocycles. The first-order chi connectivity index (χ1) is 10.3. The van der Waals surface area contributed by atoms with Gasteiger partial charge in [-0.3, -0.25) is 4.79 Å². The molecule has 0 aliphatic carbocycles. The van der Waals surface area contributed by atoms with E-state index in [1.807, 2.05) is 0 Å². The molecule has 0 aromatic rings. The first-order valence-corrected chi connectivity index (χ1v) is 6.17. The predicted molar refractivity (Wildman–Crippen MR) is 73.3 cm³/mol. The van der Waals surface area contributed by atoms with E-state index in [1.165, 1.54) is 0 Å². The fourth-order valence-corrected chi connectivity index (χ4v) is 0.933. The highest BCUT2D eigenvalue weighted by atomic mass is 16.9. The van der Waals surface area contributed by atoms with Crippen LogP contribution in [0.1, 0.15) is 19.3 Å². The number of amides is 1. The van der Waals surface area contributed by atoms with E-state index in [-0.39, 0.29) is 18.9 Å². The van der Waals surface area contributed by atoms with E-state index in [2.05, 4.69) is 10.2 Å². The lowest BCUT2D eigenvalue weighted by molar-refractivity contribution is -0.757. The van der Waals surface area contributed by atoms with Crippen LogP contribution in [-0.2, 0) is 19.2 Å². The first-order valence-electron chi connectivity index (χ1n) is 6.17. The monoisotopic (exact) mass is 321 g/mol. The Labute approximate surface area is 125 Å². The lowest BCUT2D eigenvalue weighted by Gasteiger charge is -2.03. The van der Waals surface area contributed by atoms with Gasteiger partial charge in [-0.25, -0.2) is 9.59 Å². The molecule has 0 radical (unpaired) electrons. The lowest BCUT2D eigenvalue weighted by atomic mass is 10.3. The highest BCUT2D eigenvalue weighted by Gasteiger charge is 2.01.